The predicted molar refractivity (Wildman–Crippen MR) is 69.4 cm³/mol. The summed E-state index contributed by atoms with van der Waals surface area (Å²) in [5.74, 6) is 0. The van der Waals surface area contributed by atoms with Gasteiger partial charge >= 0.3 is 10.2 Å². The average Bonchev–Trinajstić information content (AvgIpc) is 2.21. The molecule has 1 aromatic heterocycles. The van der Waals surface area contributed by atoms with Crippen LogP contribution in [0.5, 0.6) is 0 Å². The van der Waals surface area contributed by atoms with Gasteiger partial charge in [-0.2, -0.15) is 12.7 Å². The number of aryl methyl sites for hydroxylation is 1. The number of hydrogen-bond acceptors (Lipinski definition) is 3. The number of halogens is 1. The summed E-state index contributed by atoms with van der Waals surface area (Å²) in [7, 11) is -2.09. The molecule has 0 fully saturated rings. The van der Waals surface area contributed by atoms with Crippen LogP contribution in [0.4, 0.5) is 5.69 Å². The van der Waals surface area contributed by atoms with Gasteiger partial charge in [0, 0.05) is 19.3 Å². The molecule has 0 aliphatic carbocycles. The Bertz CT molecular complexity index is 502. The van der Waals surface area contributed by atoms with E-state index in [1.54, 1.807) is 26.1 Å². The fourth-order valence-corrected chi connectivity index (χ4v) is 2.45. The number of anilines is 1. The van der Waals surface area contributed by atoms with Gasteiger partial charge in [-0.25, -0.2) is 4.98 Å². The summed E-state index contributed by atoms with van der Waals surface area (Å²) in [6.07, 6.45) is 1.58. The molecule has 96 valence electrons. The van der Waals surface area contributed by atoms with Gasteiger partial charge in [0.05, 0.1) is 5.69 Å². The first kappa shape index (κ1) is 14.2. The van der Waals surface area contributed by atoms with E-state index in [-0.39, 0.29) is 11.2 Å². The molecule has 0 aliphatic rings. The van der Waals surface area contributed by atoms with Gasteiger partial charge in [-0.1, -0.05) is 11.6 Å². The molecule has 1 aromatic rings. The minimum atomic E-state index is -3.59. The zero-order valence-electron chi connectivity index (χ0n) is 10.2. The molecule has 0 aliphatic heterocycles. The van der Waals surface area contributed by atoms with Crippen molar-refractivity contribution in [1.29, 1.82) is 0 Å². The molecule has 0 amide bonds. The van der Waals surface area contributed by atoms with Crippen molar-refractivity contribution in [2.45, 2.75) is 26.8 Å². The molecule has 0 bridgehead atoms. The molecule has 0 aromatic carbocycles. The Morgan fingerprint density at radius 1 is 1.47 bits per heavy atom. The lowest BCUT2D eigenvalue weighted by Gasteiger charge is -2.21. The Balaban J connectivity index is 3.02. The van der Waals surface area contributed by atoms with Crippen molar-refractivity contribution >= 4 is 27.5 Å². The van der Waals surface area contributed by atoms with E-state index in [4.69, 9.17) is 11.6 Å². The molecule has 1 rings (SSSR count). The van der Waals surface area contributed by atoms with E-state index in [1.807, 2.05) is 6.92 Å². The van der Waals surface area contributed by atoms with Crippen LogP contribution in [0.15, 0.2) is 12.3 Å². The Morgan fingerprint density at radius 3 is 2.59 bits per heavy atom. The number of nitrogens with zero attached hydrogens (tertiary/aromatic N) is 2. The number of aromatic nitrogens is 1. The fourth-order valence-electron chi connectivity index (χ4n) is 1.11. The Kier molecular flexibility index (Phi) is 4.35. The summed E-state index contributed by atoms with van der Waals surface area (Å²) in [4.78, 5) is 3.89. The zero-order chi connectivity index (χ0) is 13.2. The van der Waals surface area contributed by atoms with Crippen molar-refractivity contribution in [3.05, 3.63) is 23.0 Å². The van der Waals surface area contributed by atoms with Crippen LogP contribution in [0.3, 0.4) is 0 Å². The van der Waals surface area contributed by atoms with Crippen LogP contribution in [-0.2, 0) is 10.2 Å². The monoisotopic (exact) mass is 277 g/mol. The highest BCUT2D eigenvalue weighted by Crippen LogP contribution is 2.22. The molecule has 17 heavy (non-hydrogen) atoms. The maximum absolute atomic E-state index is 11.9. The van der Waals surface area contributed by atoms with Crippen molar-refractivity contribution in [2.24, 2.45) is 0 Å². The van der Waals surface area contributed by atoms with Gasteiger partial charge in [0.15, 0.2) is 5.15 Å². The molecule has 7 heteroatoms. The third-order valence-corrected chi connectivity index (χ3v) is 4.28. The predicted octanol–water partition coefficient (Wildman–Crippen LogP) is 2.04. The van der Waals surface area contributed by atoms with Crippen LogP contribution in [0.1, 0.15) is 19.4 Å². The second kappa shape index (κ2) is 5.20. The molecular formula is C10H16ClN3O2S. The number of pyridine rings is 1. The summed E-state index contributed by atoms with van der Waals surface area (Å²) >= 11 is 5.83. The second-order valence-electron chi connectivity index (χ2n) is 4.07. The van der Waals surface area contributed by atoms with E-state index in [0.717, 1.165) is 5.56 Å². The van der Waals surface area contributed by atoms with Crippen molar-refractivity contribution in [3.8, 4) is 0 Å². The van der Waals surface area contributed by atoms with E-state index >= 15 is 0 Å². The molecule has 0 unspecified atom stereocenters. The van der Waals surface area contributed by atoms with Crippen LogP contribution in [0.25, 0.3) is 0 Å². The van der Waals surface area contributed by atoms with E-state index in [9.17, 15) is 8.42 Å². The van der Waals surface area contributed by atoms with E-state index in [2.05, 4.69) is 9.71 Å². The van der Waals surface area contributed by atoms with Crippen LogP contribution in [-0.4, -0.2) is 30.8 Å². The van der Waals surface area contributed by atoms with Gasteiger partial charge in [-0.05, 0) is 32.4 Å². The van der Waals surface area contributed by atoms with Crippen molar-refractivity contribution in [1.82, 2.24) is 9.29 Å². The van der Waals surface area contributed by atoms with E-state index in [1.165, 1.54) is 11.4 Å². The standard InChI is InChI=1S/C10H16ClN3O2S/c1-7(2)14(4)17(15,16)13-9-5-8(3)6-12-10(9)11/h5-7,13H,1-4H3. The van der Waals surface area contributed by atoms with Crippen LogP contribution >= 0.6 is 11.6 Å². The summed E-state index contributed by atoms with van der Waals surface area (Å²) in [6.45, 7) is 5.39. The highest BCUT2D eigenvalue weighted by Gasteiger charge is 2.21. The van der Waals surface area contributed by atoms with Gasteiger partial charge in [0.1, 0.15) is 0 Å². The molecule has 0 spiro atoms. The number of rotatable bonds is 4. The Labute approximate surface area is 107 Å². The highest BCUT2D eigenvalue weighted by molar-refractivity contribution is 7.90. The van der Waals surface area contributed by atoms with Gasteiger partial charge in [-0.15, -0.1) is 0 Å². The summed E-state index contributed by atoms with van der Waals surface area (Å²) < 4.78 is 27.5. The third kappa shape index (κ3) is 3.55. The second-order valence-corrected chi connectivity index (χ2v) is 6.16. The highest BCUT2D eigenvalue weighted by atomic mass is 35.5. The molecule has 1 heterocycles. The smallest absolute Gasteiger partial charge is 0.268 e. The number of nitrogens with one attached hydrogen (secondary N) is 1. The number of hydrogen-bond donors (Lipinski definition) is 1. The SMILES string of the molecule is Cc1cnc(Cl)c(NS(=O)(=O)N(C)C(C)C)c1. The lowest BCUT2D eigenvalue weighted by atomic mass is 10.3. The maximum atomic E-state index is 11.9. The lowest BCUT2D eigenvalue weighted by molar-refractivity contribution is 0.414. The summed E-state index contributed by atoms with van der Waals surface area (Å²) in [5.41, 5.74) is 1.12. The molecule has 1 N–H and O–H groups in total. The topological polar surface area (TPSA) is 62.3 Å². The van der Waals surface area contributed by atoms with E-state index < -0.39 is 10.2 Å². The molecular weight excluding hydrogens is 262 g/mol. The average molecular weight is 278 g/mol. The third-order valence-electron chi connectivity index (χ3n) is 2.32. The fraction of sp³-hybridized carbons (Fsp3) is 0.500. The summed E-state index contributed by atoms with van der Waals surface area (Å²) in [6, 6.07) is 1.50. The minimum Gasteiger partial charge on any atom is -0.268 e. The summed E-state index contributed by atoms with van der Waals surface area (Å²) in [5, 5.41) is 0.135. The largest absolute Gasteiger partial charge is 0.301 e. The normalized spacial score (nSPS) is 12.2. The first-order valence-corrected chi connectivity index (χ1v) is 6.93. The van der Waals surface area contributed by atoms with Gasteiger partial charge in [-0.3, -0.25) is 4.72 Å². The van der Waals surface area contributed by atoms with Crippen molar-refractivity contribution in [2.75, 3.05) is 11.8 Å². The molecule has 0 saturated heterocycles. The van der Waals surface area contributed by atoms with Crippen molar-refractivity contribution in [3.63, 3.8) is 0 Å². The van der Waals surface area contributed by atoms with Crippen LogP contribution in [0.2, 0.25) is 5.15 Å². The Morgan fingerprint density at radius 2 is 2.06 bits per heavy atom. The zero-order valence-corrected chi connectivity index (χ0v) is 11.8. The van der Waals surface area contributed by atoms with Crippen LogP contribution < -0.4 is 4.72 Å². The van der Waals surface area contributed by atoms with Crippen molar-refractivity contribution < 1.29 is 8.42 Å². The van der Waals surface area contributed by atoms with Gasteiger partial charge in [0.2, 0.25) is 0 Å². The minimum absolute atomic E-state index is 0.135. The first-order valence-electron chi connectivity index (χ1n) is 5.12. The van der Waals surface area contributed by atoms with Gasteiger partial charge < -0.3 is 0 Å². The molecule has 0 saturated carbocycles. The van der Waals surface area contributed by atoms with Gasteiger partial charge in [0.25, 0.3) is 0 Å². The first-order chi connectivity index (χ1) is 7.74. The molecule has 0 atom stereocenters. The van der Waals surface area contributed by atoms with E-state index in [0.29, 0.717) is 5.69 Å². The Hall–Kier alpha value is -0.850. The lowest BCUT2D eigenvalue weighted by Crippen LogP contribution is -2.37. The molecule has 0 radical (unpaired) electrons. The van der Waals surface area contributed by atoms with Crippen LogP contribution in [0, 0.1) is 6.92 Å². The quantitative estimate of drug-likeness (QED) is 0.857. The molecule has 5 nitrogen and oxygen atoms in total. The maximum Gasteiger partial charge on any atom is 0.301 e.